The van der Waals surface area contributed by atoms with E-state index in [1.165, 1.54) is 0 Å². The van der Waals surface area contributed by atoms with Gasteiger partial charge >= 0.3 is 6.09 Å². The summed E-state index contributed by atoms with van der Waals surface area (Å²) in [6.07, 6.45) is 1.62. The number of nitrogens with zero attached hydrogens (tertiary/aromatic N) is 1. The Morgan fingerprint density at radius 3 is 2.41 bits per heavy atom. The lowest BCUT2D eigenvalue weighted by atomic mass is 9.94. The van der Waals surface area contributed by atoms with Gasteiger partial charge in [0.15, 0.2) is 5.75 Å². The molecule has 1 N–H and O–H groups in total. The molecule has 1 heterocycles. The van der Waals surface area contributed by atoms with Crippen molar-refractivity contribution in [1.82, 2.24) is 4.90 Å². The molecule has 3 rings (SSSR count). The first-order valence-electron chi connectivity index (χ1n) is 12.5. The van der Waals surface area contributed by atoms with Gasteiger partial charge in [-0.1, -0.05) is 37.0 Å². The Hall–Kier alpha value is -2.64. The summed E-state index contributed by atoms with van der Waals surface area (Å²) in [7, 11) is 1.63. The van der Waals surface area contributed by atoms with Gasteiger partial charge in [0.2, 0.25) is 5.91 Å². The summed E-state index contributed by atoms with van der Waals surface area (Å²) in [5.74, 6) is 1.78. The number of carbonyl (C=O) groups excluding carboxylic acids is 2. The van der Waals surface area contributed by atoms with Crippen molar-refractivity contribution in [2.24, 2.45) is 5.92 Å². The van der Waals surface area contributed by atoms with Gasteiger partial charge in [0.1, 0.15) is 17.1 Å². The Morgan fingerprint density at radius 2 is 1.81 bits per heavy atom. The molecule has 1 aliphatic rings. The zero-order valence-corrected chi connectivity index (χ0v) is 23.8. The molecular weight excluding hydrogens is 515 g/mol. The van der Waals surface area contributed by atoms with Crippen LogP contribution in [0.4, 0.5) is 10.5 Å². The van der Waals surface area contributed by atoms with Crippen LogP contribution in [0.5, 0.6) is 17.2 Å². The Bertz CT molecular complexity index is 1110. The largest absolute Gasteiger partial charge is 0.496 e. The fraction of sp³-hybridized carbons (Fsp3) is 0.500. The van der Waals surface area contributed by atoms with Gasteiger partial charge in [-0.15, -0.1) is 0 Å². The number of hydrogen-bond donors (Lipinski definition) is 1. The molecule has 7 nitrogen and oxygen atoms in total. The van der Waals surface area contributed by atoms with E-state index < -0.39 is 5.60 Å². The van der Waals surface area contributed by atoms with Crippen LogP contribution < -0.4 is 14.8 Å². The lowest BCUT2D eigenvalue weighted by Crippen LogP contribution is -2.43. The molecule has 1 saturated heterocycles. The van der Waals surface area contributed by atoms with E-state index in [9.17, 15) is 9.59 Å². The highest BCUT2D eigenvalue weighted by Gasteiger charge is 2.29. The lowest BCUT2D eigenvalue weighted by Gasteiger charge is -2.34. The number of halogens is 2. The van der Waals surface area contributed by atoms with Gasteiger partial charge in [0.05, 0.1) is 17.2 Å². The summed E-state index contributed by atoms with van der Waals surface area (Å²) in [6, 6.07) is 8.76. The maximum atomic E-state index is 12.8. The molecule has 0 radical (unpaired) electrons. The molecule has 0 bridgehead atoms. The molecule has 0 saturated carbocycles. The highest BCUT2D eigenvalue weighted by Crippen LogP contribution is 2.40. The molecule has 37 heavy (non-hydrogen) atoms. The van der Waals surface area contributed by atoms with Crippen LogP contribution in [0.15, 0.2) is 30.3 Å². The Balaban J connectivity index is 1.63. The fourth-order valence-corrected chi connectivity index (χ4v) is 4.84. The number of ether oxygens (including phenoxy) is 3. The van der Waals surface area contributed by atoms with Gasteiger partial charge in [-0.25, -0.2) is 4.79 Å². The summed E-state index contributed by atoms with van der Waals surface area (Å²) >= 11 is 13.0. The summed E-state index contributed by atoms with van der Waals surface area (Å²) < 4.78 is 16.9. The van der Waals surface area contributed by atoms with Crippen molar-refractivity contribution in [3.8, 4) is 17.2 Å². The van der Waals surface area contributed by atoms with Crippen LogP contribution in [0.1, 0.15) is 65.4 Å². The van der Waals surface area contributed by atoms with E-state index in [2.05, 4.69) is 19.2 Å². The van der Waals surface area contributed by atoms with Crippen LogP contribution in [-0.2, 0) is 9.53 Å². The zero-order chi connectivity index (χ0) is 27.3. The minimum absolute atomic E-state index is 0.0417. The average molecular weight is 552 g/mol. The van der Waals surface area contributed by atoms with Crippen LogP contribution in [-0.4, -0.2) is 42.7 Å². The van der Waals surface area contributed by atoms with Crippen LogP contribution in [0.25, 0.3) is 0 Å². The van der Waals surface area contributed by atoms with E-state index in [1.807, 2.05) is 32.9 Å². The minimum atomic E-state index is -0.556. The third kappa shape index (κ3) is 8.17. The highest BCUT2D eigenvalue weighted by atomic mass is 35.5. The predicted octanol–water partition coefficient (Wildman–Crippen LogP) is 7.89. The maximum absolute atomic E-state index is 12.8. The second-order valence-corrected chi connectivity index (χ2v) is 11.4. The first-order valence-corrected chi connectivity index (χ1v) is 13.2. The first kappa shape index (κ1) is 28.9. The van der Waals surface area contributed by atoms with E-state index in [-0.39, 0.29) is 40.3 Å². The summed E-state index contributed by atoms with van der Waals surface area (Å²) in [5.41, 5.74) is 0.925. The zero-order valence-electron chi connectivity index (χ0n) is 22.3. The molecule has 1 atom stereocenters. The quantitative estimate of drug-likeness (QED) is 0.379. The molecular formula is C28H36Cl2N2O5. The normalized spacial score (nSPS) is 15.9. The van der Waals surface area contributed by atoms with Gasteiger partial charge in [-0.2, -0.15) is 0 Å². The smallest absolute Gasteiger partial charge is 0.410 e. The number of anilines is 1. The van der Waals surface area contributed by atoms with Crippen molar-refractivity contribution < 1.29 is 23.8 Å². The Kier molecular flexibility index (Phi) is 9.59. The molecule has 0 spiro atoms. The standard InChI is InChI=1S/C28H36Cl2N2O5/c1-17(2)21-15-20(9-10-24(21)35-6)36-26-22(29)13-19(14-23(26)30)31-25(33)12-18-8-7-11-32(16-18)27(34)37-28(3,4)5/h9-10,13-15,17-18H,7-8,11-12,16H2,1-6H3,(H,31,33). The third-order valence-corrected chi connectivity index (χ3v) is 6.53. The molecule has 2 aromatic rings. The summed E-state index contributed by atoms with van der Waals surface area (Å²) in [6.45, 7) is 10.8. The molecule has 202 valence electrons. The van der Waals surface area contributed by atoms with Crippen molar-refractivity contribution in [3.63, 3.8) is 0 Å². The van der Waals surface area contributed by atoms with Gasteiger partial charge in [0.25, 0.3) is 0 Å². The second-order valence-electron chi connectivity index (χ2n) is 10.6. The number of likely N-dealkylation sites (tertiary alicyclic amines) is 1. The van der Waals surface area contributed by atoms with Crippen LogP contribution in [0.2, 0.25) is 10.0 Å². The van der Waals surface area contributed by atoms with E-state index in [0.29, 0.717) is 30.3 Å². The van der Waals surface area contributed by atoms with E-state index in [1.54, 1.807) is 30.2 Å². The topological polar surface area (TPSA) is 77.1 Å². The Labute approximate surface area is 229 Å². The molecule has 0 aromatic heterocycles. The van der Waals surface area contributed by atoms with Crippen LogP contribution in [0, 0.1) is 5.92 Å². The maximum Gasteiger partial charge on any atom is 0.410 e. The van der Waals surface area contributed by atoms with Crippen molar-refractivity contribution in [1.29, 1.82) is 0 Å². The number of rotatable bonds is 7. The van der Waals surface area contributed by atoms with E-state index >= 15 is 0 Å². The third-order valence-electron chi connectivity index (χ3n) is 5.97. The number of hydrogen-bond acceptors (Lipinski definition) is 5. The highest BCUT2D eigenvalue weighted by molar-refractivity contribution is 6.37. The molecule has 0 aliphatic carbocycles. The predicted molar refractivity (Wildman–Crippen MR) is 147 cm³/mol. The number of carbonyl (C=O) groups is 2. The van der Waals surface area contributed by atoms with E-state index in [4.69, 9.17) is 37.4 Å². The SMILES string of the molecule is COc1ccc(Oc2c(Cl)cc(NC(=O)CC3CCCN(C(=O)OC(C)(C)C)C3)cc2Cl)cc1C(C)C. The van der Waals surface area contributed by atoms with Gasteiger partial charge in [-0.3, -0.25) is 4.79 Å². The minimum Gasteiger partial charge on any atom is -0.496 e. The molecule has 2 aromatic carbocycles. The number of amides is 2. The van der Waals surface area contributed by atoms with Crippen LogP contribution in [0.3, 0.4) is 0 Å². The van der Waals surface area contributed by atoms with Crippen LogP contribution >= 0.6 is 23.2 Å². The summed E-state index contributed by atoms with van der Waals surface area (Å²) in [4.78, 5) is 26.9. The van der Waals surface area contributed by atoms with Crippen molar-refractivity contribution in [2.75, 3.05) is 25.5 Å². The molecule has 1 unspecified atom stereocenters. The lowest BCUT2D eigenvalue weighted by molar-refractivity contribution is -0.117. The molecule has 1 fully saturated rings. The van der Waals surface area contributed by atoms with Gasteiger partial charge in [-0.05, 0) is 75.8 Å². The van der Waals surface area contributed by atoms with Gasteiger partial charge < -0.3 is 24.4 Å². The van der Waals surface area contributed by atoms with E-state index in [0.717, 1.165) is 24.2 Å². The Morgan fingerprint density at radius 1 is 1.14 bits per heavy atom. The average Bonchev–Trinajstić information content (AvgIpc) is 2.80. The molecule has 9 heteroatoms. The monoisotopic (exact) mass is 550 g/mol. The number of nitrogens with one attached hydrogen (secondary N) is 1. The second kappa shape index (κ2) is 12.3. The van der Waals surface area contributed by atoms with Crippen molar-refractivity contribution >= 4 is 40.9 Å². The molecule has 1 aliphatic heterocycles. The number of methoxy groups -OCH3 is 1. The van der Waals surface area contributed by atoms with Crippen molar-refractivity contribution in [3.05, 3.63) is 45.9 Å². The summed E-state index contributed by atoms with van der Waals surface area (Å²) in [5, 5.41) is 3.42. The van der Waals surface area contributed by atoms with Gasteiger partial charge in [0, 0.05) is 30.8 Å². The van der Waals surface area contributed by atoms with Crippen molar-refractivity contribution in [2.45, 2.75) is 65.4 Å². The number of benzene rings is 2. The first-order chi connectivity index (χ1) is 17.4. The number of piperidine rings is 1. The molecule has 2 amide bonds. The fourth-order valence-electron chi connectivity index (χ4n) is 4.27.